The molecule has 6 nitrogen and oxygen atoms in total. The average molecular weight is 327 g/mol. The molecule has 2 rings (SSSR count). The van der Waals surface area contributed by atoms with Crippen LogP contribution in [-0.2, 0) is 22.5 Å². The number of hydrogen-bond donors (Lipinski definition) is 2. The van der Waals surface area contributed by atoms with Crippen molar-refractivity contribution in [2.24, 2.45) is 0 Å². The van der Waals surface area contributed by atoms with Gasteiger partial charge in [-0.3, -0.25) is 14.2 Å². The third-order valence-electron chi connectivity index (χ3n) is 3.00. The minimum absolute atomic E-state index is 0.0921. The molecule has 0 radical (unpaired) electrons. The molecule has 0 unspecified atom stereocenters. The normalized spacial score (nSPS) is 11.0. The summed E-state index contributed by atoms with van der Waals surface area (Å²) in [6.07, 6.45) is 0.858. The number of carbonyl (C=O) groups excluding carboxylic acids is 1. The van der Waals surface area contributed by atoms with Crippen LogP contribution in [0.25, 0.3) is 10.2 Å². The van der Waals surface area contributed by atoms with Crippen LogP contribution in [0.15, 0.2) is 10.9 Å². The Morgan fingerprint density at radius 1 is 1.57 bits per heavy atom. The predicted octanol–water partition coefficient (Wildman–Crippen LogP) is 1.45. The van der Waals surface area contributed by atoms with Gasteiger partial charge in [-0.25, -0.2) is 0 Å². The zero-order chi connectivity index (χ0) is 15.4. The van der Waals surface area contributed by atoms with Crippen molar-refractivity contribution in [1.82, 2.24) is 14.9 Å². The number of aryl methyl sites for hydroxylation is 1. The molecule has 2 heterocycles. The van der Waals surface area contributed by atoms with Crippen LogP contribution < -0.4 is 10.9 Å². The summed E-state index contributed by atoms with van der Waals surface area (Å²) in [6, 6.07) is 1.85. The van der Waals surface area contributed by atoms with Crippen molar-refractivity contribution < 1.29 is 9.53 Å². The first kappa shape index (κ1) is 15.9. The maximum Gasteiger partial charge on any atom is 0.263 e. The number of thiophene rings is 1. The Morgan fingerprint density at radius 3 is 3.00 bits per heavy atom. The summed E-state index contributed by atoms with van der Waals surface area (Å²) in [5, 5.41) is 3.25. The minimum Gasteiger partial charge on any atom is -0.383 e. The van der Waals surface area contributed by atoms with Crippen LogP contribution in [0.4, 0.5) is 0 Å². The Morgan fingerprint density at radius 2 is 2.33 bits per heavy atom. The van der Waals surface area contributed by atoms with Crippen LogP contribution in [0.3, 0.4) is 0 Å². The molecule has 0 atom stereocenters. The molecule has 0 saturated carbocycles. The van der Waals surface area contributed by atoms with E-state index in [1.54, 1.807) is 7.11 Å². The van der Waals surface area contributed by atoms with E-state index in [4.69, 9.17) is 17.0 Å². The SMILES string of the molecule is CCc1cc2c(=O)n(CC(=O)NCCOC)c(=S)[nH]c2s1. The molecule has 0 aliphatic carbocycles. The topological polar surface area (TPSA) is 76.1 Å². The second-order valence-corrected chi connectivity index (χ2v) is 6.00. The van der Waals surface area contributed by atoms with Crippen molar-refractivity contribution >= 4 is 39.7 Å². The largest absolute Gasteiger partial charge is 0.383 e. The number of aromatic nitrogens is 2. The second kappa shape index (κ2) is 6.97. The molecule has 0 fully saturated rings. The van der Waals surface area contributed by atoms with Crippen molar-refractivity contribution in [3.63, 3.8) is 0 Å². The number of methoxy groups -OCH3 is 1. The zero-order valence-electron chi connectivity index (χ0n) is 11.9. The minimum atomic E-state index is -0.265. The van der Waals surface area contributed by atoms with E-state index in [0.29, 0.717) is 18.5 Å². The number of hydrogen-bond acceptors (Lipinski definition) is 5. The van der Waals surface area contributed by atoms with Crippen molar-refractivity contribution in [2.75, 3.05) is 20.3 Å². The van der Waals surface area contributed by atoms with Crippen molar-refractivity contribution in [2.45, 2.75) is 19.9 Å². The van der Waals surface area contributed by atoms with Gasteiger partial charge in [0.1, 0.15) is 11.4 Å². The lowest BCUT2D eigenvalue weighted by molar-refractivity contribution is -0.121. The lowest BCUT2D eigenvalue weighted by atomic mass is 10.3. The number of H-pyrrole nitrogens is 1. The first-order valence-corrected chi connectivity index (χ1v) is 7.80. The van der Waals surface area contributed by atoms with Gasteiger partial charge >= 0.3 is 0 Å². The van der Waals surface area contributed by atoms with E-state index >= 15 is 0 Å². The van der Waals surface area contributed by atoms with Gasteiger partial charge in [-0.1, -0.05) is 6.92 Å². The molecular weight excluding hydrogens is 310 g/mol. The molecule has 8 heteroatoms. The Balaban J connectivity index is 2.29. The van der Waals surface area contributed by atoms with Gasteiger partial charge in [0.2, 0.25) is 5.91 Å². The van der Waals surface area contributed by atoms with E-state index in [9.17, 15) is 9.59 Å². The summed E-state index contributed by atoms with van der Waals surface area (Å²) < 4.78 is 6.40. The van der Waals surface area contributed by atoms with E-state index in [0.717, 1.165) is 16.1 Å². The highest BCUT2D eigenvalue weighted by molar-refractivity contribution is 7.71. The first-order valence-electron chi connectivity index (χ1n) is 6.58. The van der Waals surface area contributed by atoms with Crippen molar-refractivity contribution in [1.29, 1.82) is 0 Å². The molecule has 0 saturated heterocycles. The lowest BCUT2D eigenvalue weighted by Gasteiger charge is -2.07. The molecule has 0 bridgehead atoms. The van der Waals surface area contributed by atoms with Gasteiger partial charge in [0, 0.05) is 18.5 Å². The molecule has 0 aliphatic heterocycles. The fourth-order valence-electron chi connectivity index (χ4n) is 1.91. The highest BCUT2D eigenvalue weighted by Crippen LogP contribution is 2.21. The van der Waals surface area contributed by atoms with E-state index < -0.39 is 0 Å². The highest BCUT2D eigenvalue weighted by Gasteiger charge is 2.11. The fraction of sp³-hybridized carbons (Fsp3) is 0.462. The second-order valence-electron chi connectivity index (χ2n) is 4.47. The molecule has 0 aromatic carbocycles. The van der Waals surface area contributed by atoms with E-state index in [1.807, 2.05) is 13.0 Å². The Bertz CT molecular complexity index is 760. The molecule has 0 spiro atoms. The monoisotopic (exact) mass is 327 g/mol. The number of ether oxygens (including phenoxy) is 1. The van der Waals surface area contributed by atoms with Crippen LogP contribution >= 0.6 is 23.6 Å². The van der Waals surface area contributed by atoms with E-state index in [-0.39, 0.29) is 22.8 Å². The number of aromatic amines is 1. The molecule has 21 heavy (non-hydrogen) atoms. The quantitative estimate of drug-likeness (QED) is 0.622. The van der Waals surface area contributed by atoms with Gasteiger partial charge < -0.3 is 15.0 Å². The average Bonchev–Trinajstić information content (AvgIpc) is 2.87. The number of rotatable bonds is 6. The fourth-order valence-corrected chi connectivity index (χ4v) is 3.21. The van der Waals surface area contributed by atoms with Gasteiger partial charge in [0.15, 0.2) is 4.77 Å². The smallest absolute Gasteiger partial charge is 0.263 e. The molecule has 2 aromatic rings. The summed E-state index contributed by atoms with van der Waals surface area (Å²) in [7, 11) is 1.56. The Labute approximate surface area is 130 Å². The molecular formula is C13H17N3O3S2. The third-order valence-corrected chi connectivity index (χ3v) is 4.52. The predicted molar refractivity (Wildman–Crippen MR) is 85.5 cm³/mol. The van der Waals surface area contributed by atoms with Crippen molar-refractivity contribution in [3.8, 4) is 0 Å². The summed E-state index contributed by atoms with van der Waals surface area (Å²) >= 11 is 6.69. The highest BCUT2D eigenvalue weighted by atomic mass is 32.1. The van der Waals surface area contributed by atoms with Gasteiger partial charge in [-0.15, -0.1) is 11.3 Å². The first-order chi connectivity index (χ1) is 10.1. The van der Waals surface area contributed by atoms with E-state index in [2.05, 4.69) is 10.3 Å². The van der Waals surface area contributed by atoms with Crippen LogP contribution in [0, 0.1) is 4.77 Å². The molecule has 114 valence electrons. The number of fused-ring (bicyclic) bond motifs is 1. The zero-order valence-corrected chi connectivity index (χ0v) is 13.5. The van der Waals surface area contributed by atoms with Crippen LogP contribution in [0.5, 0.6) is 0 Å². The summed E-state index contributed by atoms with van der Waals surface area (Å²) in [4.78, 5) is 29.1. The summed E-state index contributed by atoms with van der Waals surface area (Å²) in [6.45, 7) is 2.77. The lowest BCUT2D eigenvalue weighted by Crippen LogP contribution is -2.34. The Kier molecular flexibility index (Phi) is 5.27. The maximum atomic E-state index is 12.4. The van der Waals surface area contributed by atoms with E-state index in [1.165, 1.54) is 15.9 Å². The summed E-state index contributed by atoms with van der Waals surface area (Å²) in [5.74, 6) is -0.265. The third kappa shape index (κ3) is 3.58. The van der Waals surface area contributed by atoms with Gasteiger partial charge in [0.25, 0.3) is 5.56 Å². The van der Waals surface area contributed by atoms with Gasteiger partial charge in [-0.05, 0) is 24.7 Å². The van der Waals surface area contributed by atoms with Gasteiger partial charge in [0.05, 0.1) is 12.0 Å². The number of nitrogens with zero attached hydrogens (tertiary/aromatic N) is 1. The maximum absolute atomic E-state index is 12.4. The standard InChI is InChI=1S/C13H17N3O3S2/c1-3-8-6-9-11(21-8)15-13(20)16(12(9)18)7-10(17)14-4-5-19-2/h6H,3-5,7H2,1-2H3,(H,14,17)(H,15,20). The summed E-state index contributed by atoms with van der Waals surface area (Å²) in [5.41, 5.74) is -0.230. The number of amides is 1. The molecule has 2 N–H and O–H groups in total. The number of carbonyl (C=O) groups is 1. The molecule has 2 aromatic heterocycles. The number of nitrogens with one attached hydrogen (secondary N) is 2. The van der Waals surface area contributed by atoms with Crippen molar-refractivity contribution in [3.05, 3.63) is 26.1 Å². The Hall–Kier alpha value is -1.51. The van der Waals surface area contributed by atoms with Crippen LogP contribution in [-0.4, -0.2) is 35.7 Å². The van der Waals surface area contributed by atoms with Crippen LogP contribution in [0.2, 0.25) is 0 Å². The molecule has 1 amide bonds. The van der Waals surface area contributed by atoms with Gasteiger partial charge in [-0.2, -0.15) is 0 Å². The molecule has 0 aliphatic rings. The van der Waals surface area contributed by atoms with Crippen LogP contribution in [0.1, 0.15) is 11.8 Å².